The largest absolute Gasteiger partial charge is 0.376 e. The van der Waals surface area contributed by atoms with Crippen LogP contribution in [0.15, 0.2) is 18.2 Å². The lowest BCUT2D eigenvalue weighted by molar-refractivity contribution is -0.121. The molecule has 2 N–H and O–H groups in total. The first-order valence-electron chi connectivity index (χ1n) is 5.75. The Bertz CT molecular complexity index is 444. The summed E-state index contributed by atoms with van der Waals surface area (Å²) >= 11 is 6.15. The topological polar surface area (TPSA) is 44.4 Å². The maximum Gasteiger partial charge on any atom is 0.244 e. The smallest absolute Gasteiger partial charge is 0.244 e. The average Bonchev–Trinajstić information content (AvgIpc) is 2.28. The molecule has 4 nitrogen and oxygen atoms in total. The summed E-state index contributed by atoms with van der Waals surface area (Å²) in [6, 6.07) is 5.47. The van der Waals surface area contributed by atoms with Crippen molar-refractivity contribution in [3.05, 3.63) is 23.2 Å². The third-order valence-corrected chi connectivity index (χ3v) is 3.18. The summed E-state index contributed by atoms with van der Waals surface area (Å²) in [6.45, 7) is 3.64. The van der Waals surface area contributed by atoms with Gasteiger partial charge in [0.05, 0.1) is 16.2 Å². The number of amides is 1. The molecule has 1 amide bonds. The van der Waals surface area contributed by atoms with E-state index in [9.17, 15) is 4.79 Å². The predicted molar refractivity (Wildman–Crippen MR) is 77.5 cm³/mol. The van der Waals surface area contributed by atoms with Gasteiger partial charge < -0.3 is 15.5 Å². The van der Waals surface area contributed by atoms with Gasteiger partial charge in [-0.25, -0.2) is 0 Å². The minimum absolute atomic E-state index is 0.0985. The number of carbonyl (C=O) groups is 1. The van der Waals surface area contributed by atoms with E-state index in [0.717, 1.165) is 5.69 Å². The van der Waals surface area contributed by atoms with Gasteiger partial charge in [0.2, 0.25) is 5.91 Å². The van der Waals surface area contributed by atoms with Crippen LogP contribution in [-0.2, 0) is 4.79 Å². The lowest BCUT2D eigenvalue weighted by Gasteiger charge is -2.23. The molecule has 18 heavy (non-hydrogen) atoms. The van der Waals surface area contributed by atoms with Crippen LogP contribution in [0.1, 0.15) is 13.8 Å². The lowest BCUT2D eigenvalue weighted by atomic mass is 10.1. The third-order valence-electron chi connectivity index (χ3n) is 2.88. The van der Waals surface area contributed by atoms with E-state index in [4.69, 9.17) is 11.6 Å². The third kappa shape index (κ3) is 3.37. The van der Waals surface area contributed by atoms with Crippen LogP contribution in [0.25, 0.3) is 0 Å². The number of nitrogens with zero attached hydrogens (tertiary/aromatic N) is 1. The summed E-state index contributed by atoms with van der Waals surface area (Å²) in [7, 11) is 5.59. The van der Waals surface area contributed by atoms with Gasteiger partial charge in [-0.1, -0.05) is 11.6 Å². The first-order chi connectivity index (χ1) is 8.27. The Balaban J connectivity index is 2.88. The maximum atomic E-state index is 12.0. The van der Waals surface area contributed by atoms with Crippen LogP contribution in [-0.4, -0.2) is 32.6 Å². The SMILES string of the molecule is CNC(C)(C)C(=O)Nc1ccc(N(C)C)c(Cl)c1. The monoisotopic (exact) mass is 269 g/mol. The fraction of sp³-hybridized carbons (Fsp3) is 0.462. The number of hydrogen-bond acceptors (Lipinski definition) is 3. The zero-order valence-electron chi connectivity index (χ0n) is 11.5. The van der Waals surface area contributed by atoms with Crippen LogP contribution in [0.5, 0.6) is 0 Å². The average molecular weight is 270 g/mol. The highest BCUT2D eigenvalue weighted by Crippen LogP contribution is 2.27. The minimum Gasteiger partial charge on any atom is -0.376 e. The summed E-state index contributed by atoms with van der Waals surface area (Å²) in [5, 5.41) is 6.40. The number of benzene rings is 1. The lowest BCUT2D eigenvalue weighted by Crippen LogP contribution is -2.47. The number of likely N-dealkylation sites (N-methyl/N-ethyl adjacent to an activating group) is 1. The standard InChI is InChI=1S/C13H20ClN3O/c1-13(2,15-3)12(18)16-9-6-7-11(17(4)5)10(14)8-9/h6-8,15H,1-5H3,(H,16,18). The van der Waals surface area contributed by atoms with Crippen molar-refractivity contribution < 1.29 is 4.79 Å². The van der Waals surface area contributed by atoms with Crippen molar-refractivity contribution in [1.29, 1.82) is 0 Å². The van der Waals surface area contributed by atoms with Gasteiger partial charge in [-0.05, 0) is 39.1 Å². The molecule has 0 aliphatic rings. The van der Waals surface area contributed by atoms with E-state index in [1.54, 1.807) is 13.1 Å². The molecule has 0 spiro atoms. The minimum atomic E-state index is -0.618. The van der Waals surface area contributed by atoms with E-state index in [1.807, 2.05) is 45.0 Å². The van der Waals surface area contributed by atoms with Crippen LogP contribution in [0.2, 0.25) is 5.02 Å². The van der Waals surface area contributed by atoms with Gasteiger partial charge in [-0.15, -0.1) is 0 Å². The van der Waals surface area contributed by atoms with E-state index in [-0.39, 0.29) is 5.91 Å². The highest BCUT2D eigenvalue weighted by Gasteiger charge is 2.25. The van der Waals surface area contributed by atoms with Gasteiger partial charge in [0.1, 0.15) is 0 Å². The number of carbonyl (C=O) groups excluding carboxylic acids is 1. The summed E-state index contributed by atoms with van der Waals surface area (Å²) in [5.74, 6) is -0.0985. The van der Waals surface area contributed by atoms with Crippen molar-refractivity contribution >= 4 is 28.9 Å². The number of nitrogens with one attached hydrogen (secondary N) is 2. The summed E-state index contributed by atoms with van der Waals surface area (Å²) < 4.78 is 0. The van der Waals surface area contributed by atoms with E-state index in [2.05, 4.69) is 10.6 Å². The van der Waals surface area contributed by atoms with Crippen molar-refractivity contribution in [3.63, 3.8) is 0 Å². The van der Waals surface area contributed by atoms with Crippen molar-refractivity contribution in [2.45, 2.75) is 19.4 Å². The fourth-order valence-corrected chi connectivity index (χ4v) is 1.70. The van der Waals surface area contributed by atoms with E-state index in [1.165, 1.54) is 0 Å². The summed E-state index contributed by atoms with van der Waals surface area (Å²) in [4.78, 5) is 13.9. The van der Waals surface area contributed by atoms with Gasteiger partial charge in [0.15, 0.2) is 0 Å². The Morgan fingerprint density at radius 1 is 1.33 bits per heavy atom. The van der Waals surface area contributed by atoms with E-state index in [0.29, 0.717) is 10.7 Å². The second kappa shape index (κ2) is 5.59. The van der Waals surface area contributed by atoms with Crippen LogP contribution < -0.4 is 15.5 Å². The highest BCUT2D eigenvalue weighted by atomic mass is 35.5. The molecule has 0 radical (unpaired) electrons. The molecule has 0 saturated carbocycles. The molecule has 5 heteroatoms. The fourth-order valence-electron chi connectivity index (χ4n) is 1.35. The van der Waals surface area contributed by atoms with Crippen LogP contribution in [0, 0.1) is 0 Å². The molecule has 0 aliphatic heterocycles. The van der Waals surface area contributed by atoms with Crippen LogP contribution >= 0.6 is 11.6 Å². The molecule has 1 aromatic carbocycles. The zero-order chi connectivity index (χ0) is 13.9. The Morgan fingerprint density at radius 3 is 2.39 bits per heavy atom. The number of halogens is 1. The molecule has 1 rings (SSSR count). The first-order valence-corrected chi connectivity index (χ1v) is 6.13. The van der Waals surface area contributed by atoms with Crippen molar-refractivity contribution in [2.24, 2.45) is 0 Å². The Kier molecular flexibility index (Phi) is 4.59. The Morgan fingerprint density at radius 2 is 1.94 bits per heavy atom. The molecule has 0 saturated heterocycles. The number of anilines is 2. The quantitative estimate of drug-likeness (QED) is 0.882. The van der Waals surface area contributed by atoms with Crippen LogP contribution in [0.4, 0.5) is 11.4 Å². The highest BCUT2D eigenvalue weighted by molar-refractivity contribution is 6.33. The molecule has 100 valence electrons. The molecular weight excluding hydrogens is 250 g/mol. The molecule has 0 atom stereocenters. The summed E-state index contributed by atoms with van der Waals surface area (Å²) in [5.41, 5.74) is 0.994. The van der Waals surface area contributed by atoms with E-state index >= 15 is 0 Å². The van der Waals surface area contributed by atoms with Gasteiger partial charge in [0.25, 0.3) is 0 Å². The molecular formula is C13H20ClN3O. The number of hydrogen-bond donors (Lipinski definition) is 2. The van der Waals surface area contributed by atoms with Crippen molar-refractivity contribution in [1.82, 2.24) is 5.32 Å². The van der Waals surface area contributed by atoms with Gasteiger partial charge in [0, 0.05) is 19.8 Å². The molecule has 0 aliphatic carbocycles. The summed E-state index contributed by atoms with van der Waals surface area (Å²) in [6.07, 6.45) is 0. The Hall–Kier alpha value is -1.26. The number of rotatable bonds is 4. The van der Waals surface area contributed by atoms with Gasteiger partial charge >= 0.3 is 0 Å². The second-order valence-corrected chi connectivity index (χ2v) is 5.30. The van der Waals surface area contributed by atoms with Crippen molar-refractivity contribution in [2.75, 3.05) is 31.4 Å². The predicted octanol–water partition coefficient (Wildman–Crippen LogP) is 2.34. The normalized spacial score (nSPS) is 11.2. The molecule has 0 aromatic heterocycles. The van der Waals surface area contributed by atoms with Gasteiger partial charge in [-0.3, -0.25) is 4.79 Å². The van der Waals surface area contributed by atoms with Crippen LogP contribution in [0.3, 0.4) is 0 Å². The molecule has 0 fully saturated rings. The molecule has 0 unspecified atom stereocenters. The maximum absolute atomic E-state index is 12.0. The molecule has 1 aromatic rings. The molecule has 0 heterocycles. The van der Waals surface area contributed by atoms with Crippen molar-refractivity contribution in [3.8, 4) is 0 Å². The Labute approximate surface area is 113 Å². The van der Waals surface area contributed by atoms with E-state index < -0.39 is 5.54 Å². The molecule has 0 bridgehead atoms. The van der Waals surface area contributed by atoms with Gasteiger partial charge in [-0.2, -0.15) is 0 Å². The first kappa shape index (κ1) is 14.8. The zero-order valence-corrected chi connectivity index (χ0v) is 12.2. The second-order valence-electron chi connectivity index (χ2n) is 4.89.